The Morgan fingerprint density at radius 2 is 1.88 bits per heavy atom. The van der Waals surface area contributed by atoms with Crippen molar-refractivity contribution in [3.05, 3.63) is 29.8 Å². The third-order valence-electron chi connectivity index (χ3n) is 2.76. The lowest BCUT2D eigenvalue weighted by atomic mass is 9.85. The third-order valence-corrected chi connectivity index (χ3v) is 2.76. The van der Waals surface area contributed by atoms with E-state index in [1.165, 1.54) is 5.56 Å². The second-order valence-corrected chi connectivity index (χ2v) is 5.58. The van der Waals surface area contributed by atoms with Crippen molar-refractivity contribution in [2.45, 2.75) is 40.2 Å². The van der Waals surface area contributed by atoms with Crippen LogP contribution in [0.15, 0.2) is 24.3 Å². The molecule has 0 spiro atoms. The van der Waals surface area contributed by atoms with Gasteiger partial charge < -0.3 is 10.1 Å². The summed E-state index contributed by atoms with van der Waals surface area (Å²) in [6, 6.07) is 8.64. The molecule has 0 saturated carbocycles. The number of benzene rings is 1. The minimum absolute atomic E-state index is 0.299. The van der Waals surface area contributed by atoms with Crippen molar-refractivity contribution in [2.75, 3.05) is 13.7 Å². The summed E-state index contributed by atoms with van der Waals surface area (Å²) in [6.07, 6.45) is 1.09. The van der Waals surface area contributed by atoms with Crippen LogP contribution < -0.4 is 10.1 Å². The molecule has 1 atom stereocenters. The molecule has 17 heavy (non-hydrogen) atoms. The number of rotatable bonds is 5. The molecule has 0 aromatic heterocycles. The van der Waals surface area contributed by atoms with Crippen LogP contribution in [0.4, 0.5) is 0 Å². The largest absolute Gasteiger partial charge is 0.494 e. The van der Waals surface area contributed by atoms with Crippen molar-refractivity contribution < 1.29 is 4.74 Å². The molecule has 2 nitrogen and oxygen atoms in total. The van der Waals surface area contributed by atoms with Gasteiger partial charge in [0.05, 0.1) is 6.61 Å². The Morgan fingerprint density at radius 3 is 2.41 bits per heavy atom. The zero-order chi connectivity index (χ0) is 12.9. The number of para-hydroxylation sites is 1. The van der Waals surface area contributed by atoms with Crippen LogP contribution in [0, 0.1) is 5.41 Å². The van der Waals surface area contributed by atoms with E-state index in [4.69, 9.17) is 4.74 Å². The van der Waals surface area contributed by atoms with Crippen LogP contribution in [0.25, 0.3) is 0 Å². The molecule has 1 aromatic carbocycles. The normalized spacial score (nSPS) is 13.5. The predicted molar refractivity (Wildman–Crippen MR) is 73.5 cm³/mol. The first-order chi connectivity index (χ1) is 7.98. The molecular formula is C15H25NO. The first kappa shape index (κ1) is 14.0. The Morgan fingerprint density at radius 1 is 1.24 bits per heavy atom. The van der Waals surface area contributed by atoms with E-state index in [9.17, 15) is 0 Å². The van der Waals surface area contributed by atoms with E-state index < -0.39 is 0 Å². The van der Waals surface area contributed by atoms with E-state index in [1.807, 2.05) is 26.1 Å². The Bertz CT molecular complexity index is 341. The van der Waals surface area contributed by atoms with Crippen LogP contribution in [-0.2, 0) is 0 Å². The summed E-state index contributed by atoms with van der Waals surface area (Å²) in [6.45, 7) is 9.53. The van der Waals surface area contributed by atoms with E-state index in [0.29, 0.717) is 18.1 Å². The van der Waals surface area contributed by atoms with Gasteiger partial charge in [0, 0.05) is 11.6 Å². The lowest BCUT2D eigenvalue weighted by molar-refractivity contribution is 0.301. The summed E-state index contributed by atoms with van der Waals surface area (Å²) in [5.41, 5.74) is 1.55. The minimum Gasteiger partial charge on any atom is -0.494 e. The molecule has 0 bridgehead atoms. The Balaban J connectivity index is 2.94. The standard InChI is InChI=1S/C15H25NO/c1-6-17-14-10-8-7-9-12(14)13(16-5)11-15(2,3)4/h7-10,13,16H,6,11H2,1-5H3. The van der Waals surface area contributed by atoms with Crippen LogP contribution in [0.1, 0.15) is 45.7 Å². The quantitative estimate of drug-likeness (QED) is 0.838. The maximum atomic E-state index is 5.69. The lowest BCUT2D eigenvalue weighted by Gasteiger charge is -2.27. The van der Waals surface area contributed by atoms with E-state index in [-0.39, 0.29) is 0 Å². The summed E-state index contributed by atoms with van der Waals surface area (Å²) in [7, 11) is 2.01. The maximum absolute atomic E-state index is 5.69. The molecular weight excluding hydrogens is 210 g/mol. The second-order valence-electron chi connectivity index (χ2n) is 5.58. The lowest BCUT2D eigenvalue weighted by Crippen LogP contribution is -2.23. The van der Waals surface area contributed by atoms with Gasteiger partial charge in [0.15, 0.2) is 0 Å². The summed E-state index contributed by atoms with van der Waals surface area (Å²) >= 11 is 0. The molecule has 2 heteroatoms. The van der Waals surface area contributed by atoms with Crippen LogP contribution >= 0.6 is 0 Å². The summed E-state index contributed by atoms with van der Waals surface area (Å²) < 4.78 is 5.69. The van der Waals surface area contributed by atoms with Crippen molar-refractivity contribution in [1.82, 2.24) is 5.32 Å². The van der Waals surface area contributed by atoms with Gasteiger partial charge >= 0.3 is 0 Å². The first-order valence-corrected chi connectivity index (χ1v) is 6.37. The molecule has 1 N–H and O–H groups in total. The zero-order valence-electron chi connectivity index (χ0n) is 11.7. The smallest absolute Gasteiger partial charge is 0.124 e. The summed E-state index contributed by atoms with van der Waals surface area (Å²) in [5.74, 6) is 0.999. The molecule has 0 heterocycles. The van der Waals surface area contributed by atoms with Gasteiger partial charge in [0.2, 0.25) is 0 Å². The van der Waals surface area contributed by atoms with E-state index in [2.05, 4.69) is 38.2 Å². The van der Waals surface area contributed by atoms with Crippen molar-refractivity contribution in [3.63, 3.8) is 0 Å². The minimum atomic E-state index is 0.299. The number of nitrogens with one attached hydrogen (secondary N) is 1. The fourth-order valence-electron chi connectivity index (χ4n) is 2.04. The molecule has 0 aliphatic carbocycles. The molecule has 0 saturated heterocycles. The van der Waals surface area contributed by atoms with Gasteiger partial charge in [-0.05, 0) is 31.9 Å². The monoisotopic (exact) mass is 235 g/mol. The van der Waals surface area contributed by atoms with Crippen molar-refractivity contribution in [2.24, 2.45) is 5.41 Å². The van der Waals surface area contributed by atoms with Crippen LogP contribution in [0.3, 0.4) is 0 Å². The van der Waals surface area contributed by atoms with Gasteiger partial charge in [0.25, 0.3) is 0 Å². The maximum Gasteiger partial charge on any atom is 0.124 e. The van der Waals surface area contributed by atoms with Crippen LogP contribution in [0.2, 0.25) is 0 Å². The topological polar surface area (TPSA) is 21.3 Å². The fourth-order valence-corrected chi connectivity index (χ4v) is 2.04. The second kappa shape index (κ2) is 6.06. The molecule has 0 aliphatic rings. The Kier molecular flexibility index (Phi) is 5.01. The SMILES string of the molecule is CCOc1ccccc1C(CC(C)(C)C)NC. The first-order valence-electron chi connectivity index (χ1n) is 6.37. The highest BCUT2D eigenvalue weighted by Crippen LogP contribution is 2.33. The number of hydrogen-bond acceptors (Lipinski definition) is 2. The molecule has 1 rings (SSSR count). The molecule has 0 fully saturated rings. The highest BCUT2D eigenvalue weighted by molar-refractivity contribution is 5.36. The predicted octanol–water partition coefficient (Wildman–Crippen LogP) is 3.78. The van der Waals surface area contributed by atoms with E-state index >= 15 is 0 Å². The average Bonchev–Trinajstić information content (AvgIpc) is 2.26. The van der Waals surface area contributed by atoms with Gasteiger partial charge in [-0.2, -0.15) is 0 Å². The number of hydrogen-bond donors (Lipinski definition) is 1. The van der Waals surface area contributed by atoms with Gasteiger partial charge in [-0.3, -0.25) is 0 Å². The fraction of sp³-hybridized carbons (Fsp3) is 0.600. The van der Waals surface area contributed by atoms with Gasteiger partial charge in [-0.1, -0.05) is 39.0 Å². The Labute approximate surface area is 105 Å². The molecule has 0 radical (unpaired) electrons. The summed E-state index contributed by atoms with van der Waals surface area (Å²) in [5, 5.41) is 3.39. The molecule has 0 amide bonds. The van der Waals surface area contributed by atoms with Crippen molar-refractivity contribution in [1.29, 1.82) is 0 Å². The third kappa shape index (κ3) is 4.39. The van der Waals surface area contributed by atoms with Gasteiger partial charge in [-0.15, -0.1) is 0 Å². The zero-order valence-corrected chi connectivity index (χ0v) is 11.7. The van der Waals surface area contributed by atoms with Gasteiger partial charge in [-0.25, -0.2) is 0 Å². The molecule has 96 valence electrons. The van der Waals surface area contributed by atoms with Crippen LogP contribution in [0.5, 0.6) is 5.75 Å². The van der Waals surface area contributed by atoms with Crippen molar-refractivity contribution >= 4 is 0 Å². The molecule has 1 unspecified atom stereocenters. The van der Waals surface area contributed by atoms with Crippen molar-refractivity contribution in [3.8, 4) is 5.75 Å². The van der Waals surface area contributed by atoms with E-state index in [0.717, 1.165) is 12.2 Å². The van der Waals surface area contributed by atoms with E-state index in [1.54, 1.807) is 0 Å². The Hall–Kier alpha value is -1.02. The van der Waals surface area contributed by atoms with Gasteiger partial charge in [0.1, 0.15) is 5.75 Å². The molecule has 0 aliphatic heterocycles. The number of ether oxygens (including phenoxy) is 1. The summed E-state index contributed by atoms with van der Waals surface area (Å²) in [4.78, 5) is 0. The van der Waals surface area contributed by atoms with Crippen LogP contribution in [-0.4, -0.2) is 13.7 Å². The highest BCUT2D eigenvalue weighted by atomic mass is 16.5. The average molecular weight is 235 g/mol. The molecule has 1 aromatic rings. The highest BCUT2D eigenvalue weighted by Gasteiger charge is 2.21.